The van der Waals surface area contributed by atoms with E-state index < -0.39 is 0 Å². The van der Waals surface area contributed by atoms with Gasteiger partial charge < -0.3 is 4.90 Å². The molecule has 1 atom stereocenters. The van der Waals surface area contributed by atoms with Crippen LogP contribution in [0.5, 0.6) is 0 Å². The van der Waals surface area contributed by atoms with Crippen molar-refractivity contribution in [3.05, 3.63) is 76.1 Å². The minimum atomic E-state index is -0.0455. The number of rotatable bonds is 3. The van der Waals surface area contributed by atoms with Crippen LogP contribution in [-0.2, 0) is 24.7 Å². The Morgan fingerprint density at radius 3 is 2.83 bits per heavy atom. The van der Waals surface area contributed by atoms with E-state index >= 15 is 0 Å². The molecule has 1 amide bonds. The first kappa shape index (κ1) is 19.2. The molecule has 0 fully saturated rings. The second-order valence-electron chi connectivity index (χ2n) is 7.34. The van der Waals surface area contributed by atoms with Gasteiger partial charge in [0.15, 0.2) is 0 Å². The number of fused-ring (bicyclic) bond motifs is 1. The molecule has 2 heterocycles. The zero-order chi connectivity index (χ0) is 20.5. The van der Waals surface area contributed by atoms with Gasteiger partial charge in [0, 0.05) is 30.4 Å². The lowest BCUT2D eigenvalue weighted by Crippen LogP contribution is -2.40. The Morgan fingerprint density at radius 2 is 2.10 bits per heavy atom. The first-order valence-electron chi connectivity index (χ1n) is 9.57. The lowest BCUT2D eigenvalue weighted by Gasteiger charge is -2.36. The summed E-state index contributed by atoms with van der Waals surface area (Å²) in [6.07, 6.45) is 4.80. The van der Waals surface area contributed by atoms with Crippen LogP contribution >= 0.6 is 11.6 Å². The molecule has 5 nitrogen and oxygen atoms in total. The number of amides is 1. The van der Waals surface area contributed by atoms with Gasteiger partial charge in [-0.1, -0.05) is 35.9 Å². The fourth-order valence-electron chi connectivity index (χ4n) is 4.14. The van der Waals surface area contributed by atoms with Gasteiger partial charge in [0.25, 0.3) is 0 Å². The van der Waals surface area contributed by atoms with Gasteiger partial charge in [-0.2, -0.15) is 10.4 Å². The molecule has 0 saturated carbocycles. The molecule has 0 saturated heterocycles. The molecule has 0 unspecified atom stereocenters. The Morgan fingerprint density at radius 1 is 1.31 bits per heavy atom. The van der Waals surface area contributed by atoms with Gasteiger partial charge in [0.05, 0.1) is 30.3 Å². The van der Waals surface area contributed by atoms with Gasteiger partial charge in [0.2, 0.25) is 5.91 Å². The SMILES string of the molecule is C[C@H]1c2cccc(-c3cnn(C)c3)c2CCN1C(=O)Cc1c(Cl)cccc1C#N. The van der Waals surface area contributed by atoms with Gasteiger partial charge in [-0.15, -0.1) is 0 Å². The monoisotopic (exact) mass is 404 g/mol. The summed E-state index contributed by atoms with van der Waals surface area (Å²) in [5.41, 5.74) is 5.75. The molecule has 29 heavy (non-hydrogen) atoms. The maximum atomic E-state index is 13.1. The summed E-state index contributed by atoms with van der Waals surface area (Å²) in [4.78, 5) is 15.0. The number of nitriles is 1. The fraction of sp³-hybridized carbons (Fsp3) is 0.261. The highest BCUT2D eigenvalue weighted by atomic mass is 35.5. The predicted molar refractivity (Wildman–Crippen MR) is 112 cm³/mol. The topological polar surface area (TPSA) is 61.9 Å². The summed E-state index contributed by atoms with van der Waals surface area (Å²) in [5, 5.41) is 14.1. The van der Waals surface area contributed by atoms with Crippen LogP contribution in [0.2, 0.25) is 5.02 Å². The van der Waals surface area contributed by atoms with Crippen molar-refractivity contribution in [2.45, 2.75) is 25.8 Å². The molecule has 0 N–H and O–H groups in total. The summed E-state index contributed by atoms with van der Waals surface area (Å²) in [5.74, 6) is -0.0143. The van der Waals surface area contributed by atoms with Crippen molar-refractivity contribution in [2.24, 2.45) is 7.05 Å². The first-order valence-corrected chi connectivity index (χ1v) is 9.95. The average molecular weight is 405 g/mol. The minimum Gasteiger partial charge on any atom is -0.335 e. The van der Waals surface area contributed by atoms with Crippen LogP contribution in [0.4, 0.5) is 0 Å². The number of aromatic nitrogens is 2. The van der Waals surface area contributed by atoms with Crippen LogP contribution in [0.25, 0.3) is 11.1 Å². The Kier molecular flexibility index (Phi) is 5.12. The summed E-state index contributed by atoms with van der Waals surface area (Å²) in [6, 6.07) is 13.5. The van der Waals surface area contributed by atoms with E-state index in [1.807, 2.05) is 30.4 Å². The number of halogens is 1. The molecular weight excluding hydrogens is 384 g/mol. The summed E-state index contributed by atoms with van der Waals surface area (Å²) in [7, 11) is 1.91. The van der Waals surface area contributed by atoms with Crippen LogP contribution in [0.15, 0.2) is 48.8 Å². The van der Waals surface area contributed by atoms with E-state index in [9.17, 15) is 10.1 Å². The van der Waals surface area contributed by atoms with Crippen LogP contribution in [0.1, 0.15) is 35.2 Å². The van der Waals surface area contributed by atoms with Crippen molar-refractivity contribution in [3.8, 4) is 17.2 Å². The smallest absolute Gasteiger partial charge is 0.227 e. The van der Waals surface area contributed by atoms with Crippen LogP contribution in [0.3, 0.4) is 0 Å². The van der Waals surface area contributed by atoms with E-state index in [2.05, 4.69) is 30.2 Å². The quantitative estimate of drug-likeness (QED) is 0.653. The fourth-order valence-corrected chi connectivity index (χ4v) is 4.38. The molecule has 146 valence electrons. The van der Waals surface area contributed by atoms with E-state index in [0.717, 1.165) is 17.5 Å². The Balaban J connectivity index is 1.62. The van der Waals surface area contributed by atoms with Gasteiger partial charge in [0.1, 0.15) is 0 Å². The molecule has 0 radical (unpaired) electrons. The zero-order valence-corrected chi connectivity index (χ0v) is 17.1. The molecule has 1 aliphatic heterocycles. The van der Waals surface area contributed by atoms with E-state index in [1.165, 1.54) is 11.1 Å². The second-order valence-corrected chi connectivity index (χ2v) is 7.75. The van der Waals surface area contributed by atoms with Crippen LogP contribution in [-0.4, -0.2) is 27.1 Å². The highest BCUT2D eigenvalue weighted by Gasteiger charge is 2.29. The van der Waals surface area contributed by atoms with E-state index in [1.54, 1.807) is 22.9 Å². The standard InChI is InChI=1S/C23H21ClN4O/c1-15-18-6-4-7-19(17-13-26-27(2)14-17)20(18)9-10-28(15)23(29)11-21-16(12-25)5-3-8-22(21)24/h3-8,13-15H,9-11H2,1-2H3/t15-/m0/s1. The van der Waals surface area contributed by atoms with E-state index in [-0.39, 0.29) is 18.4 Å². The Labute approximate surface area is 175 Å². The van der Waals surface area contributed by atoms with Gasteiger partial charge >= 0.3 is 0 Å². The van der Waals surface area contributed by atoms with E-state index in [0.29, 0.717) is 22.7 Å². The number of carbonyl (C=O) groups excluding carboxylic acids is 1. The molecule has 0 bridgehead atoms. The number of nitrogens with zero attached hydrogens (tertiary/aromatic N) is 4. The average Bonchev–Trinajstić information content (AvgIpc) is 3.15. The molecule has 6 heteroatoms. The van der Waals surface area contributed by atoms with Gasteiger partial charge in [-0.3, -0.25) is 9.48 Å². The maximum Gasteiger partial charge on any atom is 0.227 e. The molecule has 3 aromatic rings. The lowest BCUT2D eigenvalue weighted by atomic mass is 9.87. The summed E-state index contributed by atoms with van der Waals surface area (Å²) in [6.45, 7) is 2.69. The molecule has 1 aromatic heterocycles. The lowest BCUT2D eigenvalue weighted by molar-refractivity contribution is -0.133. The van der Waals surface area contributed by atoms with Crippen molar-refractivity contribution < 1.29 is 4.79 Å². The molecule has 0 aliphatic carbocycles. The zero-order valence-electron chi connectivity index (χ0n) is 16.4. The maximum absolute atomic E-state index is 13.1. The van der Waals surface area contributed by atoms with Gasteiger partial charge in [-0.25, -0.2) is 0 Å². The third-order valence-corrected chi connectivity index (χ3v) is 5.99. The largest absolute Gasteiger partial charge is 0.335 e. The molecule has 2 aromatic carbocycles. The minimum absolute atomic E-state index is 0.0143. The molecule has 1 aliphatic rings. The van der Waals surface area contributed by atoms with Crippen molar-refractivity contribution in [2.75, 3.05) is 6.54 Å². The van der Waals surface area contributed by atoms with Crippen molar-refractivity contribution in [3.63, 3.8) is 0 Å². The van der Waals surface area contributed by atoms with Crippen LogP contribution in [0, 0.1) is 11.3 Å². The number of carbonyl (C=O) groups is 1. The van der Waals surface area contributed by atoms with Crippen molar-refractivity contribution >= 4 is 17.5 Å². The van der Waals surface area contributed by atoms with Crippen LogP contribution < -0.4 is 0 Å². The Hall–Kier alpha value is -3.10. The third-order valence-electron chi connectivity index (χ3n) is 5.64. The number of benzene rings is 2. The molecular formula is C23H21ClN4O. The van der Waals surface area contributed by atoms with Crippen molar-refractivity contribution in [1.29, 1.82) is 5.26 Å². The number of hydrogen-bond donors (Lipinski definition) is 0. The summed E-state index contributed by atoms with van der Waals surface area (Å²) < 4.78 is 1.80. The number of aryl methyl sites for hydroxylation is 1. The van der Waals surface area contributed by atoms with E-state index in [4.69, 9.17) is 11.6 Å². The predicted octanol–water partition coefficient (Wildman–Crippen LogP) is 4.30. The Bertz CT molecular complexity index is 1130. The number of hydrogen-bond acceptors (Lipinski definition) is 3. The third kappa shape index (κ3) is 3.52. The first-order chi connectivity index (χ1) is 14.0. The molecule has 4 rings (SSSR count). The molecule has 0 spiro atoms. The summed E-state index contributed by atoms with van der Waals surface area (Å²) >= 11 is 6.27. The van der Waals surface area contributed by atoms with Gasteiger partial charge in [-0.05, 0) is 47.7 Å². The normalized spacial score (nSPS) is 15.7. The second kappa shape index (κ2) is 7.73. The van der Waals surface area contributed by atoms with Crippen molar-refractivity contribution in [1.82, 2.24) is 14.7 Å². The highest BCUT2D eigenvalue weighted by molar-refractivity contribution is 6.31. The highest BCUT2D eigenvalue weighted by Crippen LogP contribution is 2.36.